The summed E-state index contributed by atoms with van der Waals surface area (Å²) < 4.78 is 6.09. The van der Waals surface area contributed by atoms with Crippen LogP contribution >= 0.6 is 11.8 Å². The zero-order valence-corrected chi connectivity index (χ0v) is 23.8. The van der Waals surface area contributed by atoms with Gasteiger partial charge in [-0.05, 0) is 77.9 Å². The molecule has 2 N–H and O–H groups in total. The molecule has 7 heteroatoms. The number of thioether (sulfide) groups is 1. The second-order valence-electron chi connectivity index (χ2n) is 9.05. The number of ether oxygens (including phenoxy) is 1. The van der Waals surface area contributed by atoms with E-state index < -0.39 is 17.9 Å². The Balaban J connectivity index is 0.00000294. The fourth-order valence-electron chi connectivity index (χ4n) is 4.20. The molecule has 0 radical (unpaired) electrons. The summed E-state index contributed by atoms with van der Waals surface area (Å²) in [5.74, 6) is 0.693. The molecule has 200 valence electrons. The molecule has 0 aliphatic rings. The number of carboxylic acid groups (broad SMARTS) is 1. The Labute approximate surface area is 253 Å². The maximum absolute atomic E-state index is 13.3. The minimum absolute atomic E-state index is 0. The van der Waals surface area contributed by atoms with Crippen LogP contribution < -0.4 is 28.9 Å². The van der Waals surface area contributed by atoms with Gasteiger partial charge >= 0.3 is 24.8 Å². The molecule has 0 spiro atoms. The van der Waals surface area contributed by atoms with E-state index in [-0.39, 0.29) is 20.3 Å². The van der Waals surface area contributed by atoms with Crippen LogP contribution in [0.1, 0.15) is 34.9 Å². The number of hydrogen-bond donors (Lipinski definition) is 2. The maximum Gasteiger partial charge on any atom is 1.00 e. The number of hydrogen-bond acceptors (Lipinski definition) is 4. The molecule has 0 heterocycles. The van der Waals surface area contributed by atoms with Crippen molar-refractivity contribution in [3.8, 4) is 22.6 Å². The monoisotopic (exact) mass is 545 g/mol. The number of rotatable bonds is 11. The number of aryl methyl sites for hydroxylation is 1. The van der Waals surface area contributed by atoms with Crippen molar-refractivity contribution >= 4 is 35.8 Å². The number of aliphatic carboxylic acids is 1. The fourth-order valence-corrected chi connectivity index (χ4v) is 4.67. The third kappa shape index (κ3) is 8.16. The van der Waals surface area contributed by atoms with Gasteiger partial charge in [-0.15, -0.1) is 0 Å². The first-order valence-corrected chi connectivity index (χ1v) is 14.1. The van der Waals surface area contributed by atoms with Crippen LogP contribution in [0.4, 0.5) is 0 Å². The smallest absolute Gasteiger partial charge is 1.00 e. The normalized spacial score (nSPS) is 11.4. The first-order valence-electron chi connectivity index (χ1n) is 12.7. The number of nitrogens with one attached hydrogen (secondary N) is 1. The topological polar surface area (TPSA) is 75.6 Å². The van der Waals surface area contributed by atoms with Gasteiger partial charge in [0.2, 0.25) is 0 Å². The van der Waals surface area contributed by atoms with Crippen LogP contribution in [0.25, 0.3) is 23.3 Å². The van der Waals surface area contributed by atoms with Gasteiger partial charge in [0.05, 0.1) is 0 Å². The van der Waals surface area contributed by atoms with E-state index in [0.717, 1.165) is 39.3 Å². The molecule has 5 nitrogen and oxygen atoms in total. The summed E-state index contributed by atoms with van der Waals surface area (Å²) in [5.41, 5.74) is 4.93. The summed E-state index contributed by atoms with van der Waals surface area (Å²) >= 11 is 1.55. The number of carbonyl (C=O) groups excluding carboxylic acids is 1. The van der Waals surface area contributed by atoms with E-state index in [0.29, 0.717) is 17.7 Å². The summed E-state index contributed by atoms with van der Waals surface area (Å²) in [7, 11) is 0. The van der Waals surface area contributed by atoms with E-state index in [1.165, 1.54) is 0 Å². The summed E-state index contributed by atoms with van der Waals surface area (Å²) in [4.78, 5) is 25.1. The number of carbonyl (C=O) groups is 2. The van der Waals surface area contributed by atoms with Gasteiger partial charge in [0.1, 0.15) is 17.5 Å². The Bertz CT molecular complexity index is 1480. The van der Waals surface area contributed by atoms with E-state index in [2.05, 4.69) is 5.32 Å². The Hall–Kier alpha value is -3.69. The molecule has 4 rings (SSSR count). The van der Waals surface area contributed by atoms with Crippen molar-refractivity contribution in [3.63, 3.8) is 0 Å². The zero-order valence-electron chi connectivity index (χ0n) is 24.0. The van der Waals surface area contributed by atoms with E-state index in [1.54, 1.807) is 17.8 Å². The van der Waals surface area contributed by atoms with Gasteiger partial charge < -0.3 is 16.6 Å². The molecule has 1 unspecified atom stereocenters. The largest absolute Gasteiger partial charge is 1.00 e. The molecular formula is C33H32LiNO4S. The van der Waals surface area contributed by atoms with E-state index in [9.17, 15) is 14.7 Å². The van der Waals surface area contributed by atoms with E-state index in [4.69, 9.17) is 4.74 Å². The Morgan fingerprint density at radius 1 is 0.925 bits per heavy atom. The molecule has 0 aliphatic heterocycles. The summed E-state index contributed by atoms with van der Waals surface area (Å²) in [6, 6.07) is 29.9. The van der Waals surface area contributed by atoms with Gasteiger partial charge in [-0.25, -0.2) is 4.79 Å². The molecule has 0 fully saturated rings. The Morgan fingerprint density at radius 3 is 2.35 bits per heavy atom. The molecule has 4 aromatic rings. The number of para-hydroxylation sites is 2. The van der Waals surface area contributed by atoms with Crippen LogP contribution in [0, 0.1) is 6.92 Å². The third-order valence-electron chi connectivity index (χ3n) is 6.28. The van der Waals surface area contributed by atoms with Crippen molar-refractivity contribution in [1.82, 2.24) is 5.32 Å². The van der Waals surface area contributed by atoms with Crippen molar-refractivity contribution in [2.75, 3.05) is 12.0 Å². The van der Waals surface area contributed by atoms with Crippen molar-refractivity contribution < 1.29 is 39.7 Å². The molecule has 4 aromatic carbocycles. The summed E-state index contributed by atoms with van der Waals surface area (Å²) in [6.07, 6.45) is 6.23. The van der Waals surface area contributed by atoms with Gasteiger partial charge in [0.15, 0.2) is 0 Å². The van der Waals surface area contributed by atoms with Gasteiger partial charge in [-0.2, -0.15) is 11.8 Å². The molecule has 0 bridgehead atoms. The van der Waals surface area contributed by atoms with Crippen molar-refractivity contribution in [2.24, 2.45) is 0 Å². The van der Waals surface area contributed by atoms with Gasteiger partial charge in [0, 0.05) is 11.1 Å². The van der Waals surface area contributed by atoms with Crippen molar-refractivity contribution in [1.29, 1.82) is 0 Å². The maximum atomic E-state index is 13.3. The number of carboxylic acids is 1. The first kappa shape index (κ1) is 30.8. The quantitative estimate of drug-likeness (QED) is 0.212. The van der Waals surface area contributed by atoms with Crippen LogP contribution in [-0.2, 0) is 4.79 Å². The van der Waals surface area contributed by atoms with Gasteiger partial charge in [-0.3, -0.25) is 4.79 Å². The van der Waals surface area contributed by atoms with Crippen LogP contribution in [0.15, 0.2) is 97.1 Å². The number of amides is 1. The van der Waals surface area contributed by atoms with Crippen molar-refractivity contribution in [3.05, 3.63) is 119 Å². The molecule has 1 atom stereocenters. The predicted molar refractivity (Wildman–Crippen MR) is 162 cm³/mol. The molecule has 40 heavy (non-hydrogen) atoms. The van der Waals surface area contributed by atoms with Crippen molar-refractivity contribution in [2.45, 2.75) is 19.4 Å². The van der Waals surface area contributed by atoms with Gasteiger partial charge in [0.25, 0.3) is 5.91 Å². The molecule has 0 aromatic heterocycles. The molecule has 0 saturated carbocycles. The summed E-state index contributed by atoms with van der Waals surface area (Å²) in [6.45, 7) is 2.00. The van der Waals surface area contributed by atoms with Crippen LogP contribution in [0.5, 0.6) is 11.5 Å². The molecular weight excluding hydrogens is 513 g/mol. The molecule has 0 saturated heterocycles. The average Bonchev–Trinajstić information content (AvgIpc) is 2.95. The standard InChI is InChI=1S/C33H31NO4S.Li.H/c1-23-10-6-8-14-27(23)29-22-24(17-19-28(29)32(35)34-30(33(36)37)20-21-39-2)16-18-25-11-7-9-15-31(25)38-26-12-4-3-5-13-26;;/h3-19,22,30H,20-21H2,1-2H3,(H,34,35)(H,36,37);;/q;+1;-1. The van der Waals surface area contributed by atoms with Crippen LogP contribution in [0.2, 0.25) is 0 Å². The SMILES string of the molecule is CSCCC(NC(=O)c1ccc(C=Cc2ccccc2Oc2ccccc2)cc1-c1ccccc1C)C(=O)O.[H-].[Li+]. The minimum Gasteiger partial charge on any atom is -1.00 e. The summed E-state index contributed by atoms with van der Waals surface area (Å²) in [5, 5.41) is 12.3. The fraction of sp³-hybridized carbons (Fsp3) is 0.152. The Kier molecular flexibility index (Phi) is 11.7. The third-order valence-corrected chi connectivity index (χ3v) is 6.93. The first-order chi connectivity index (χ1) is 19.0. The van der Waals surface area contributed by atoms with E-state index >= 15 is 0 Å². The van der Waals surface area contributed by atoms with Crippen LogP contribution in [-0.4, -0.2) is 35.0 Å². The minimum atomic E-state index is -1.04. The average molecular weight is 546 g/mol. The molecule has 1 amide bonds. The zero-order chi connectivity index (χ0) is 27.6. The van der Waals surface area contributed by atoms with E-state index in [1.807, 2.05) is 116 Å². The predicted octanol–water partition coefficient (Wildman–Crippen LogP) is 4.68. The second-order valence-corrected chi connectivity index (χ2v) is 10.0. The van der Waals surface area contributed by atoms with Crippen LogP contribution in [0.3, 0.4) is 0 Å². The Morgan fingerprint density at radius 2 is 1.62 bits per heavy atom. The second kappa shape index (κ2) is 15.2. The molecule has 0 aliphatic carbocycles. The number of benzene rings is 4. The van der Waals surface area contributed by atoms with Gasteiger partial charge in [-0.1, -0.05) is 78.9 Å².